The first kappa shape index (κ1) is 26.4. The zero-order valence-corrected chi connectivity index (χ0v) is 22.0. The molecule has 6 nitrogen and oxygen atoms in total. The molecule has 0 radical (unpaired) electrons. The lowest BCUT2D eigenvalue weighted by Crippen LogP contribution is -2.55. The molecule has 1 saturated heterocycles. The van der Waals surface area contributed by atoms with Gasteiger partial charge >= 0.3 is 5.97 Å². The van der Waals surface area contributed by atoms with Crippen LogP contribution in [0.1, 0.15) is 80.1 Å². The lowest BCUT2D eigenvalue weighted by Gasteiger charge is -2.56. The molecular formula is C28H48O6. The van der Waals surface area contributed by atoms with Crippen LogP contribution in [0.2, 0.25) is 0 Å². The van der Waals surface area contributed by atoms with E-state index >= 15 is 0 Å². The van der Waals surface area contributed by atoms with Crippen molar-refractivity contribution in [3.8, 4) is 0 Å². The van der Waals surface area contributed by atoms with Crippen molar-refractivity contribution in [2.24, 2.45) is 58.2 Å². The van der Waals surface area contributed by atoms with E-state index in [2.05, 4.69) is 34.6 Å². The molecule has 0 aromatic heterocycles. The van der Waals surface area contributed by atoms with Gasteiger partial charge < -0.3 is 25.2 Å². The van der Waals surface area contributed by atoms with Crippen molar-refractivity contribution in [2.45, 2.75) is 104 Å². The Kier molecular flexibility index (Phi) is 7.23. The van der Waals surface area contributed by atoms with Crippen molar-refractivity contribution in [3.63, 3.8) is 0 Å². The third-order valence-corrected chi connectivity index (χ3v) is 11.5. The Balaban J connectivity index is 1.58. The average molecular weight is 481 g/mol. The topological polar surface area (TPSA) is 107 Å². The fourth-order valence-corrected chi connectivity index (χ4v) is 8.95. The Hall–Kier alpha value is -0.690. The van der Waals surface area contributed by atoms with Gasteiger partial charge in [0.05, 0.1) is 36.9 Å². The first-order valence-electron chi connectivity index (χ1n) is 13.7. The Morgan fingerprint density at radius 1 is 0.912 bits per heavy atom. The molecule has 4 N–H and O–H groups in total. The van der Waals surface area contributed by atoms with Crippen LogP contribution in [-0.4, -0.2) is 57.4 Å². The molecule has 0 bridgehead atoms. The zero-order chi connectivity index (χ0) is 25.2. The van der Waals surface area contributed by atoms with Gasteiger partial charge in [-0.15, -0.1) is 0 Å². The standard InChI is InChI=1S/C28H48O6/c1-14(2)15(3)24(31)25(32)16(4)18-7-8-19-17-13-34-26(33)21-11-22(29)23(30)12-28(21,6)20(17)9-10-27(18,19)5/h14-25,29-32H,7-13H2,1-6H3/t15-,16-,17-,18+,19-,20-,21+,22+,23+,24-,25-,27+,28+/m0/s1. The summed E-state index contributed by atoms with van der Waals surface area (Å²) < 4.78 is 5.86. The van der Waals surface area contributed by atoms with E-state index in [9.17, 15) is 25.2 Å². The van der Waals surface area contributed by atoms with Crippen LogP contribution in [0, 0.1) is 58.2 Å². The van der Waals surface area contributed by atoms with Crippen LogP contribution in [0.3, 0.4) is 0 Å². The SMILES string of the molecule is CC(C)[C@H](C)[C@H](O)[C@@H](O)[C@@H](C)[C@H]1CC[C@H]2[C@@H]3COC(=O)[C@H]4C[C@@H](O)[C@H](O)C[C@]4(C)[C@H]3CC[C@]12C. The third kappa shape index (κ3) is 4.05. The van der Waals surface area contributed by atoms with Crippen LogP contribution in [0.5, 0.6) is 0 Å². The maximum atomic E-state index is 13.0. The molecule has 0 spiro atoms. The van der Waals surface area contributed by atoms with Crippen LogP contribution in [0.15, 0.2) is 0 Å². The molecule has 13 atom stereocenters. The second-order valence-corrected chi connectivity index (χ2v) is 13.3. The summed E-state index contributed by atoms with van der Waals surface area (Å²) in [5.41, 5.74) is -0.345. The number of hydrogen-bond acceptors (Lipinski definition) is 6. The molecule has 0 aromatic rings. The number of hydrogen-bond donors (Lipinski definition) is 4. The minimum atomic E-state index is -0.867. The molecule has 3 saturated carbocycles. The van der Waals surface area contributed by atoms with E-state index in [1.54, 1.807) is 0 Å². The van der Waals surface area contributed by atoms with Crippen LogP contribution in [0.4, 0.5) is 0 Å². The molecular weight excluding hydrogens is 432 g/mol. The second kappa shape index (κ2) is 9.32. The van der Waals surface area contributed by atoms with E-state index in [0.29, 0.717) is 30.8 Å². The van der Waals surface area contributed by atoms with Crippen LogP contribution >= 0.6 is 0 Å². The maximum absolute atomic E-state index is 13.0. The van der Waals surface area contributed by atoms with E-state index in [0.717, 1.165) is 25.7 Å². The quantitative estimate of drug-likeness (QED) is 0.450. The molecule has 1 aliphatic heterocycles. The Morgan fingerprint density at radius 3 is 2.21 bits per heavy atom. The van der Waals surface area contributed by atoms with Gasteiger partial charge in [0, 0.05) is 0 Å². The smallest absolute Gasteiger partial charge is 0.309 e. The minimum absolute atomic E-state index is 0.00827. The predicted octanol–water partition coefficient (Wildman–Crippen LogP) is 3.39. The van der Waals surface area contributed by atoms with Crippen molar-refractivity contribution in [1.82, 2.24) is 0 Å². The van der Waals surface area contributed by atoms with Gasteiger partial charge in [0.25, 0.3) is 0 Å². The monoisotopic (exact) mass is 480 g/mol. The van der Waals surface area contributed by atoms with Crippen LogP contribution in [-0.2, 0) is 9.53 Å². The molecule has 34 heavy (non-hydrogen) atoms. The van der Waals surface area contributed by atoms with Crippen LogP contribution < -0.4 is 0 Å². The van der Waals surface area contributed by atoms with Gasteiger partial charge in [0.15, 0.2) is 0 Å². The number of carbonyl (C=O) groups excluding carboxylic acids is 1. The van der Waals surface area contributed by atoms with E-state index in [1.165, 1.54) is 0 Å². The summed E-state index contributed by atoms with van der Waals surface area (Å²) in [5.74, 6) is 0.948. The van der Waals surface area contributed by atoms with Gasteiger partial charge in [-0.3, -0.25) is 4.79 Å². The van der Waals surface area contributed by atoms with Gasteiger partial charge in [0.2, 0.25) is 0 Å². The highest BCUT2D eigenvalue weighted by Crippen LogP contribution is 2.66. The largest absolute Gasteiger partial charge is 0.465 e. The molecule has 0 unspecified atom stereocenters. The number of aliphatic hydroxyl groups excluding tert-OH is 4. The number of rotatable bonds is 5. The second-order valence-electron chi connectivity index (χ2n) is 13.3. The summed E-state index contributed by atoms with van der Waals surface area (Å²) in [5, 5.41) is 42.9. The highest BCUT2D eigenvalue weighted by Gasteiger charge is 2.63. The van der Waals surface area contributed by atoms with Crippen molar-refractivity contribution < 1.29 is 30.0 Å². The van der Waals surface area contributed by atoms with Gasteiger partial charge in [-0.05, 0) is 90.8 Å². The summed E-state index contributed by atoms with van der Waals surface area (Å²) in [4.78, 5) is 13.0. The van der Waals surface area contributed by atoms with Gasteiger partial charge in [-0.2, -0.15) is 0 Å². The summed E-state index contributed by atoms with van der Waals surface area (Å²) in [7, 11) is 0. The van der Waals surface area contributed by atoms with Crippen molar-refractivity contribution in [1.29, 1.82) is 0 Å². The van der Waals surface area contributed by atoms with E-state index < -0.39 is 24.4 Å². The van der Waals surface area contributed by atoms with Crippen molar-refractivity contribution >= 4 is 5.97 Å². The Bertz CT molecular complexity index is 755. The number of fused-ring (bicyclic) bond motifs is 5. The first-order valence-corrected chi connectivity index (χ1v) is 13.7. The first-order chi connectivity index (χ1) is 15.8. The molecule has 4 aliphatic rings. The highest BCUT2D eigenvalue weighted by molar-refractivity contribution is 5.74. The van der Waals surface area contributed by atoms with E-state index in [1.807, 2.05) is 6.92 Å². The summed E-state index contributed by atoms with van der Waals surface area (Å²) in [6.07, 6.45) is 1.61. The summed E-state index contributed by atoms with van der Waals surface area (Å²) in [6.45, 7) is 13.2. The van der Waals surface area contributed by atoms with Crippen LogP contribution in [0.25, 0.3) is 0 Å². The van der Waals surface area contributed by atoms with E-state index in [-0.39, 0.29) is 52.8 Å². The molecule has 3 aliphatic carbocycles. The fraction of sp³-hybridized carbons (Fsp3) is 0.964. The number of esters is 1. The molecule has 4 fully saturated rings. The molecule has 6 heteroatoms. The van der Waals surface area contributed by atoms with Gasteiger partial charge in [-0.25, -0.2) is 0 Å². The third-order valence-electron chi connectivity index (χ3n) is 11.5. The number of carbonyl (C=O) groups is 1. The Morgan fingerprint density at radius 2 is 1.56 bits per heavy atom. The van der Waals surface area contributed by atoms with Crippen molar-refractivity contribution in [3.05, 3.63) is 0 Å². The lowest BCUT2D eigenvalue weighted by molar-refractivity contribution is -0.162. The minimum Gasteiger partial charge on any atom is -0.465 e. The fourth-order valence-electron chi connectivity index (χ4n) is 8.95. The van der Waals surface area contributed by atoms with Crippen molar-refractivity contribution in [2.75, 3.05) is 6.61 Å². The average Bonchev–Trinajstić information content (AvgIpc) is 3.09. The summed E-state index contributed by atoms with van der Waals surface area (Å²) in [6, 6.07) is 0. The number of cyclic esters (lactones) is 1. The number of ether oxygens (including phenoxy) is 1. The Labute approximate surface area is 205 Å². The normalized spacial score (nSPS) is 48.1. The molecule has 1 heterocycles. The zero-order valence-electron chi connectivity index (χ0n) is 22.0. The van der Waals surface area contributed by atoms with Gasteiger partial charge in [-0.1, -0.05) is 41.5 Å². The molecule has 0 aromatic carbocycles. The molecule has 196 valence electrons. The van der Waals surface area contributed by atoms with E-state index in [4.69, 9.17) is 4.74 Å². The van der Waals surface area contributed by atoms with Gasteiger partial charge in [0.1, 0.15) is 0 Å². The summed E-state index contributed by atoms with van der Waals surface area (Å²) >= 11 is 0. The number of aliphatic hydroxyl groups is 4. The molecule has 0 amide bonds. The lowest BCUT2D eigenvalue weighted by atomic mass is 9.48. The molecule has 4 rings (SSSR count). The maximum Gasteiger partial charge on any atom is 0.309 e. The predicted molar refractivity (Wildman–Crippen MR) is 130 cm³/mol. The highest BCUT2D eigenvalue weighted by atomic mass is 16.5.